The summed E-state index contributed by atoms with van der Waals surface area (Å²) >= 11 is 4.31. The van der Waals surface area contributed by atoms with E-state index in [1.807, 2.05) is 0 Å². The first kappa shape index (κ1) is 6.38. The summed E-state index contributed by atoms with van der Waals surface area (Å²) in [5, 5.41) is 3.41. The van der Waals surface area contributed by atoms with Crippen molar-refractivity contribution in [3.8, 4) is 0 Å². The lowest BCUT2D eigenvalue weighted by Gasteiger charge is -2.17. The molecule has 0 atom stereocenters. The Kier molecular flexibility index (Phi) is 1.67. The van der Waals surface area contributed by atoms with Gasteiger partial charge in [-0.3, -0.25) is 0 Å². The van der Waals surface area contributed by atoms with E-state index in [1.165, 1.54) is 31.0 Å². The number of hydrogen-bond donors (Lipinski definition) is 1. The van der Waals surface area contributed by atoms with Crippen LogP contribution in [0.15, 0.2) is 0 Å². The fraction of sp³-hybridized carbons (Fsp3) is 1.00. The molecule has 0 bridgehead atoms. The van der Waals surface area contributed by atoms with Crippen molar-refractivity contribution >= 4 is 23.5 Å². The molecule has 0 unspecified atom stereocenters. The van der Waals surface area contributed by atoms with Crippen molar-refractivity contribution in [1.29, 1.82) is 0 Å². The molecular weight excluding hydrogens is 150 g/mol. The van der Waals surface area contributed by atoms with Crippen molar-refractivity contribution in [2.45, 2.75) is 10.5 Å². The zero-order valence-electron chi connectivity index (χ0n) is 5.35. The summed E-state index contributed by atoms with van der Waals surface area (Å²) in [5.74, 6) is 2.73. The van der Waals surface area contributed by atoms with Crippen LogP contribution in [0.25, 0.3) is 0 Å². The smallest absolute Gasteiger partial charge is 0.0747 e. The van der Waals surface area contributed by atoms with Crippen molar-refractivity contribution in [1.82, 2.24) is 5.32 Å². The van der Waals surface area contributed by atoms with Gasteiger partial charge in [0.2, 0.25) is 0 Å². The predicted molar refractivity (Wildman–Crippen MR) is 45.1 cm³/mol. The molecule has 3 heteroatoms. The summed E-state index contributed by atoms with van der Waals surface area (Å²) in [5.41, 5.74) is 0. The SMILES string of the molecule is C1CC2(CN1)SCCS2. The molecule has 2 aliphatic heterocycles. The number of nitrogens with one attached hydrogen (secondary N) is 1. The van der Waals surface area contributed by atoms with Gasteiger partial charge in [-0.2, -0.15) is 0 Å². The fourth-order valence-electron chi connectivity index (χ4n) is 1.39. The van der Waals surface area contributed by atoms with Gasteiger partial charge in [0.15, 0.2) is 0 Å². The van der Waals surface area contributed by atoms with Crippen LogP contribution in [0.1, 0.15) is 6.42 Å². The Balaban J connectivity index is 2.04. The van der Waals surface area contributed by atoms with Gasteiger partial charge in [0, 0.05) is 18.1 Å². The fourth-order valence-corrected chi connectivity index (χ4v) is 4.53. The molecule has 1 spiro atoms. The summed E-state index contributed by atoms with van der Waals surface area (Å²) in [7, 11) is 0. The standard InChI is InChI=1S/C6H11NS2/c1-2-7-5-6(1)8-3-4-9-6/h7H,1-5H2. The molecule has 0 amide bonds. The van der Waals surface area contributed by atoms with E-state index in [9.17, 15) is 0 Å². The van der Waals surface area contributed by atoms with Crippen molar-refractivity contribution in [2.75, 3.05) is 24.6 Å². The van der Waals surface area contributed by atoms with Gasteiger partial charge in [0.05, 0.1) is 4.08 Å². The number of hydrogen-bond acceptors (Lipinski definition) is 3. The molecule has 9 heavy (non-hydrogen) atoms. The van der Waals surface area contributed by atoms with Gasteiger partial charge in [0.1, 0.15) is 0 Å². The summed E-state index contributed by atoms with van der Waals surface area (Å²) < 4.78 is 0.611. The Morgan fingerprint density at radius 3 is 2.56 bits per heavy atom. The van der Waals surface area contributed by atoms with Crippen LogP contribution in [-0.4, -0.2) is 28.7 Å². The molecule has 2 fully saturated rings. The molecule has 1 nitrogen and oxygen atoms in total. The van der Waals surface area contributed by atoms with Gasteiger partial charge in [0.25, 0.3) is 0 Å². The van der Waals surface area contributed by atoms with Crippen LogP contribution in [0.2, 0.25) is 0 Å². The van der Waals surface area contributed by atoms with E-state index in [0.29, 0.717) is 4.08 Å². The monoisotopic (exact) mass is 161 g/mol. The molecular formula is C6H11NS2. The molecule has 0 aliphatic carbocycles. The van der Waals surface area contributed by atoms with E-state index in [-0.39, 0.29) is 0 Å². The van der Waals surface area contributed by atoms with Crippen molar-refractivity contribution in [3.63, 3.8) is 0 Å². The molecule has 0 aromatic heterocycles. The minimum absolute atomic E-state index is 0.611. The third-order valence-electron chi connectivity index (χ3n) is 1.89. The van der Waals surface area contributed by atoms with Crippen LogP contribution in [0.3, 0.4) is 0 Å². The summed E-state index contributed by atoms with van der Waals surface area (Å²) in [6, 6.07) is 0. The summed E-state index contributed by atoms with van der Waals surface area (Å²) in [6.07, 6.45) is 1.38. The Labute approximate surface area is 64.3 Å². The van der Waals surface area contributed by atoms with Crippen LogP contribution in [0, 0.1) is 0 Å². The average molecular weight is 161 g/mol. The van der Waals surface area contributed by atoms with E-state index in [1.54, 1.807) is 0 Å². The molecule has 0 radical (unpaired) electrons. The van der Waals surface area contributed by atoms with Crippen LogP contribution < -0.4 is 5.32 Å². The minimum atomic E-state index is 0.611. The maximum absolute atomic E-state index is 3.41. The van der Waals surface area contributed by atoms with Crippen LogP contribution in [0.4, 0.5) is 0 Å². The maximum Gasteiger partial charge on any atom is 0.0747 e. The lowest BCUT2D eigenvalue weighted by atomic mass is 10.4. The second kappa shape index (κ2) is 2.36. The van der Waals surface area contributed by atoms with Crippen LogP contribution in [-0.2, 0) is 0 Å². The van der Waals surface area contributed by atoms with Crippen molar-refractivity contribution in [3.05, 3.63) is 0 Å². The highest BCUT2D eigenvalue weighted by Crippen LogP contribution is 2.47. The number of rotatable bonds is 0. The highest BCUT2D eigenvalue weighted by atomic mass is 32.2. The van der Waals surface area contributed by atoms with Crippen LogP contribution in [0.5, 0.6) is 0 Å². The van der Waals surface area contributed by atoms with Gasteiger partial charge >= 0.3 is 0 Å². The second-order valence-corrected chi connectivity index (χ2v) is 5.75. The molecule has 0 aromatic carbocycles. The molecule has 1 N–H and O–H groups in total. The first-order valence-electron chi connectivity index (χ1n) is 3.40. The van der Waals surface area contributed by atoms with Gasteiger partial charge in [-0.05, 0) is 13.0 Å². The van der Waals surface area contributed by atoms with E-state index in [2.05, 4.69) is 28.8 Å². The maximum atomic E-state index is 3.41. The van der Waals surface area contributed by atoms with Gasteiger partial charge in [-0.1, -0.05) is 0 Å². The quantitative estimate of drug-likeness (QED) is 0.572. The Bertz CT molecular complexity index is 86.1. The Morgan fingerprint density at radius 1 is 1.22 bits per heavy atom. The second-order valence-electron chi connectivity index (χ2n) is 2.53. The van der Waals surface area contributed by atoms with E-state index in [0.717, 1.165) is 0 Å². The third kappa shape index (κ3) is 1.10. The number of thioether (sulfide) groups is 2. The lowest BCUT2D eigenvalue weighted by molar-refractivity contribution is 0.853. The lowest BCUT2D eigenvalue weighted by Crippen LogP contribution is -2.20. The summed E-state index contributed by atoms with van der Waals surface area (Å²) in [6.45, 7) is 2.47. The topological polar surface area (TPSA) is 12.0 Å². The molecule has 2 heterocycles. The van der Waals surface area contributed by atoms with E-state index in [4.69, 9.17) is 0 Å². The summed E-state index contributed by atoms with van der Waals surface area (Å²) in [4.78, 5) is 0. The molecule has 0 aromatic rings. The first-order valence-corrected chi connectivity index (χ1v) is 5.37. The minimum Gasteiger partial charge on any atom is -0.314 e. The van der Waals surface area contributed by atoms with Crippen molar-refractivity contribution in [2.24, 2.45) is 0 Å². The predicted octanol–water partition coefficient (Wildman–Crippen LogP) is 1.16. The first-order chi connectivity index (χ1) is 4.41. The molecule has 2 aliphatic rings. The average Bonchev–Trinajstić information content (AvgIpc) is 2.45. The third-order valence-corrected chi connectivity index (χ3v) is 5.42. The largest absolute Gasteiger partial charge is 0.314 e. The van der Waals surface area contributed by atoms with Gasteiger partial charge < -0.3 is 5.32 Å². The molecule has 52 valence electrons. The zero-order valence-corrected chi connectivity index (χ0v) is 6.99. The zero-order chi connectivity index (χ0) is 6.16. The highest BCUT2D eigenvalue weighted by Gasteiger charge is 2.37. The van der Waals surface area contributed by atoms with Crippen LogP contribution >= 0.6 is 23.5 Å². The van der Waals surface area contributed by atoms with Gasteiger partial charge in [-0.15, -0.1) is 23.5 Å². The van der Waals surface area contributed by atoms with Crippen molar-refractivity contribution < 1.29 is 0 Å². The van der Waals surface area contributed by atoms with Gasteiger partial charge in [-0.25, -0.2) is 0 Å². The molecule has 2 rings (SSSR count). The molecule has 2 saturated heterocycles. The highest BCUT2D eigenvalue weighted by molar-refractivity contribution is 8.21. The van der Waals surface area contributed by atoms with E-state index >= 15 is 0 Å². The Morgan fingerprint density at radius 2 is 2.00 bits per heavy atom. The normalized spacial score (nSPS) is 32.0. The Hall–Kier alpha value is 0.660. The van der Waals surface area contributed by atoms with E-state index < -0.39 is 0 Å². The molecule has 0 saturated carbocycles.